The van der Waals surface area contributed by atoms with Gasteiger partial charge in [-0.2, -0.15) is 0 Å². The third-order valence-corrected chi connectivity index (χ3v) is 6.42. The van der Waals surface area contributed by atoms with Crippen LogP contribution in [0, 0.1) is 5.82 Å². The van der Waals surface area contributed by atoms with E-state index < -0.39 is 0 Å². The number of hydrogen-bond acceptors (Lipinski definition) is 6. The van der Waals surface area contributed by atoms with Gasteiger partial charge in [-0.05, 0) is 38.1 Å². The van der Waals surface area contributed by atoms with Crippen molar-refractivity contribution >= 4 is 38.5 Å². The molecule has 1 fully saturated rings. The maximum absolute atomic E-state index is 13.4. The number of nitrogens with zero attached hydrogens (tertiary/aromatic N) is 3. The zero-order chi connectivity index (χ0) is 21.1. The summed E-state index contributed by atoms with van der Waals surface area (Å²) < 4.78 is 20.3. The van der Waals surface area contributed by atoms with Crippen LogP contribution in [-0.4, -0.2) is 53.2 Å². The maximum Gasteiger partial charge on any atom is 0.124 e. The predicted octanol–water partition coefficient (Wildman–Crippen LogP) is 4.45. The molecule has 1 atom stereocenters. The van der Waals surface area contributed by atoms with Gasteiger partial charge in [0.25, 0.3) is 0 Å². The normalized spacial score (nSPS) is 16.4. The van der Waals surface area contributed by atoms with Crippen molar-refractivity contribution in [3.8, 4) is 5.75 Å². The van der Waals surface area contributed by atoms with E-state index in [-0.39, 0.29) is 35.1 Å². The standard InChI is InChI=1S/C23H29FN4OS.BrH/c1-16(2)29-20-6-4-3-5-17(20)15-27-9-11-28(12-10-27)22(25)14-23-26-19-8-7-18(24)13-21(19)30-23;/h3-8,13,16,22H,9-12,14-15,25H2,1-2H3;1H. The number of hydrogen-bond donors (Lipinski definition) is 1. The molecular formula is C23H30BrFN4OS. The summed E-state index contributed by atoms with van der Waals surface area (Å²) in [7, 11) is 0. The SMILES string of the molecule is Br.CC(C)Oc1ccccc1CN1CCN(C(N)Cc2nc3ccc(F)cc3s2)CC1. The average molecular weight is 509 g/mol. The van der Waals surface area contributed by atoms with E-state index in [4.69, 9.17) is 10.5 Å². The molecule has 1 aromatic heterocycles. The summed E-state index contributed by atoms with van der Waals surface area (Å²) in [6.07, 6.45) is 0.778. The molecule has 1 aliphatic heterocycles. The van der Waals surface area contributed by atoms with Crippen LogP contribution in [0.2, 0.25) is 0 Å². The number of nitrogens with two attached hydrogens (primary N) is 1. The van der Waals surface area contributed by atoms with Gasteiger partial charge in [-0.25, -0.2) is 9.37 Å². The zero-order valence-electron chi connectivity index (χ0n) is 18.0. The minimum atomic E-state index is -0.224. The Balaban J connectivity index is 0.00000272. The zero-order valence-corrected chi connectivity index (χ0v) is 20.5. The van der Waals surface area contributed by atoms with Crippen LogP contribution in [0.25, 0.3) is 10.2 Å². The number of rotatable bonds is 7. The highest BCUT2D eigenvalue weighted by Crippen LogP contribution is 2.25. The summed E-state index contributed by atoms with van der Waals surface area (Å²) >= 11 is 1.53. The lowest BCUT2D eigenvalue weighted by molar-refractivity contribution is 0.0925. The number of piperazine rings is 1. The van der Waals surface area contributed by atoms with Crippen molar-refractivity contribution in [1.29, 1.82) is 0 Å². The summed E-state index contributed by atoms with van der Waals surface area (Å²) in [6.45, 7) is 8.78. The Morgan fingerprint density at radius 3 is 2.61 bits per heavy atom. The Morgan fingerprint density at radius 1 is 1.13 bits per heavy atom. The summed E-state index contributed by atoms with van der Waals surface area (Å²) in [5.74, 6) is 0.748. The van der Waals surface area contributed by atoms with E-state index in [2.05, 4.69) is 40.8 Å². The maximum atomic E-state index is 13.4. The molecule has 1 saturated heterocycles. The second-order valence-corrected chi connectivity index (χ2v) is 9.19. The van der Waals surface area contributed by atoms with Crippen molar-refractivity contribution in [3.63, 3.8) is 0 Å². The minimum absolute atomic E-state index is 0. The molecule has 2 N–H and O–H groups in total. The molecule has 0 aliphatic carbocycles. The molecule has 3 aromatic rings. The van der Waals surface area contributed by atoms with Gasteiger partial charge in [-0.15, -0.1) is 28.3 Å². The monoisotopic (exact) mass is 508 g/mol. The number of halogens is 2. The topological polar surface area (TPSA) is 54.6 Å². The van der Waals surface area contributed by atoms with Crippen LogP contribution in [-0.2, 0) is 13.0 Å². The van der Waals surface area contributed by atoms with Gasteiger partial charge in [0.15, 0.2) is 0 Å². The minimum Gasteiger partial charge on any atom is -0.491 e. The molecule has 4 rings (SSSR count). The number of para-hydroxylation sites is 1. The summed E-state index contributed by atoms with van der Waals surface area (Å²) in [5, 5.41) is 0.963. The molecule has 0 bridgehead atoms. The van der Waals surface area contributed by atoms with E-state index in [1.165, 1.54) is 23.0 Å². The van der Waals surface area contributed by atoms with Crippen LogP contribution in [0.1, 0.15) is 24.4 Å². The fourth-order valence-corrected chi connectivity index (χ4v) is 4.88. The van der Waals surface area contributed by atoms with Crippen LogP contribution < -0.4 is 10.5 Å². The van der Waals surface area contributed by atoms with Crippen LogP contribution in [0.15, 0.2) is 42.5 Å². The Hall–Kier alpha value is -1.58. The molecule has 8 heteroatoms. The molecule has 0 amide bonds. The first-order valence-corrected chi connectivity index (χ1v) is 11.3. The summed E-state index contributed by atoms with van der Waals surface area (Å²) in [6, 6.07) is 13.0. The average Bonchev–Trinajstić information content (AvgIpc) is 3.11. The van der Waals surface area contributed by atoms with Gasteiger partial charge in [0.1, 0.15) is 11.6 Å². The van der Waals surface area contributed by atoms with Gasteiger partial charge < -0.3 is 10.5 Å². The lowest BCUT2D eigenvalue weighted by Crippen LogP contribution is -2.53. The first kappa shape index (κ1) is 24.1. The second-order valence-electron chi connectivity index (χ2n) is 8.08. The molecule has 2 aromatic carbocycles. The van der Waals surface area contributed by atoms with Gasteiger partial charge in [0, 0.05) is 44.7 Å². The number of thiazole rings is 1. The number of ether oxygens (including phenoxy) is 1. The quantitative estimate of drug-likeness (QED) is 0.510. The van der Waals surface area contributed by atoms with E-state index in [1.54, 1.807) is 12.1 Å². The van der Waals surface area contributed by atoms with E-state index in [0.29, 0.717) is 6.42 Å². The third kappa shape index (κ3) is 6.23. The van der Waals surface area contributed by atoms with Gasteiger partial charge in [-0.3, -0.25) is 9.80 Å². The summed E-state index contributed by atoms with van der Waals surface area (Å²) in [5.41, 5.74) is 8.56. The molecule has 0 saturated carbocycles. The highest BCUT2D eigenvalue weighted by atomic mass is 79.9. The lowest BCUT2D eigenvalue weighted by Gasteiger charge is -2.37. The third-order valence-electron chi connectivity index (χ3n) is 5.38. The van der Waals surface area contributed by atoms with Crippen molar-refractivity contribution in [3.05, 3.63) is 58.9 Å². The lowest BCUT2D eigenvalue weighted by atomic mass is 10.1. The molecule has 168 valence electrons. The molecule has 1 aliphatic rings. The van der Waals surface area contributed by atoms with Crippen molar-refractivity contribution in [2.45, 2.75) is 39.1 Å². The van der Waals surface area contributed by atoms with Crippen molar-refractivity contribution in [2.24, 2.45) is 5.73 Å². The highest BCUT2D eigenvalue weighted by molar-refractivity contribution is 8.93. The second kappa shape index (κ2) is 10.8. The number of benzene rings is 2. The van der Waals surface area contributed by atoms with Crippen LogP contribution >= 0.6 is 28.3 Å². The van der Waals surface area contributed by atoms with Gasteiger partial charge in [0.05, 0.1) is 27.5 Å². The van der Waals surface area contributed by atoms with E-state index >= 15 is 0 Å². The van der Waals surface area contributed by atoms with Crippen molar-refractivity contribution in [1.82, 2.24) is 14.8 Å². The molecule has 31 heavy (non-hydrogen) atoms. The summed E-state index contributed by atoms with van der Waals surface area (Å²) in [4.78, 5) is 9.38. The van der Waals surface area contributed by atoms with Crippen molar-refractivity contribution < 1.29 is 9.13 Å². The smallest absolute Gasteiger partial charge is 0.124 e. The molecule has 0 radical (unpaired) electrons. The molecule has 1 unspecified atom stereocenters. The highest BCUT2D eigenvalue weighted by Gasteiger charge is 2.23. The Morgan fingerprint density at radius 2 is 1.87 bits per heavy atom. The molecular weight excluding hydrogens is 479 g/mol. The van der Waals surface area contributed by atoms with Gasteiger partial charge >= 0.3 is 0 Å². The van der Waals surface area contributed by atoms with E-state index in [9.17, 15) is 4.39 Å². The fourth-order valence-electron chi connectivity index (χ4n) is 3.84. The largest absolute Gasteiger partial charge is 0.491 e. The molecule has 0 spiro atoms. The first-order valence-electron chi connectivity index (χ1n) is 10.5. The first-order chi connectivity index (χ1) is 14.5. The van der Waals surface area contributed by atoms with Crippen LogP contribution in [0.5, 0.6) is 5.75 Å². The van der Waals surface area contributed by atoms with Crippen LogP contribution in [0.3, 0.4) is 0 Å². The Bertz CT molecular complexity index is 991. The molecule has 5 nitrogen and oxygen atoms in total. The van der Waals surface area contributed by atoms with Crippen molar-refractivity contribution in [2.75, 3.05) is 26.2 Å². The predicted molar refractivity (Wildman–Crippen MR) is 131 cm³/mol. The Kier molecular flexibility index (Phi) is 8.41. The van der Waals surface area contributed by atoms with Gasteiger partial charge in [0.2, 0.25) is 0 Å². The van der Waals surface area contributed by atoms with E-state index in [0.717, 1.165) is 53.7 Å². The van der Waals surface area contributed by atoms with Gasteiger partial charge in [-0.1, -0.05) is 18.2 Å². The number of aromatic nitrogens is 1. The molecule has 2 heterocycles. The van der Waals surface area contributed by atoms with Crippen LogP contribution in [0.4, 0.5) is 4.39 Å². The van der Waals surface area contributed by atoms with E-state index in [1.807, 2.05) is 12.1 Å². The number of fused-ring (bicyclic) bond motifs is 1. The Labute approximate surface area is 197 Å². The fraction of sp³-hybridized carbons (Fsp3) is 0.435.